The van der Waals surface area contributed by atoms with E-state index in [1.54, 1.807) is 39.1 Å². The summed E-state index contributed by atoms with van der Waals surface area (Å²) in [6, 6.07) is 17.3. The average Bonchev–Trinajstić information content (AvgIpc) is 3.29. The molecule has 2 aromatic heterocycles. The molecule has 0 unspecified atom stereocenters. The topological polar surface area (TPSA) is 71.8 Å². The third kappa shape index (κ3) is 3.88. The van der Waals surface area contributed by atoms with Crippen LogP contribution in [0.3, 0.4) is 0 Å². The van der Waals surface area contributed by atoms with Crippen LogP contribution in [0.5, 0.6) is 23.0 Å². The Hall–Kier alpha value is -3.56. The van der Waals surface area contributed by atoms with Crippen LogP contribution in [0.25, 0.3) is 31.7 Å². The molecule has 0 N–H and O–H groups in total. The summed E-state index contributed by atoms with van der Waals surface area (Å²) in [6.07, 6.45) is 0. The second kappa shape index (κ2) is 9.83. The van der Waals surface area contributed by atoms with Crippen molar-refractivity contribution in [1.82, 2.24) is 9.55 Å². The molecule has 0 saturated heterocycles. The molecule has 0 atom stereocenters. The number of rotatable bonds is 7. The molecule has 3 aromatic carbocycles. The first-order valence-electron chi connectivity index (χ1n) is 11.0. The lowest BCUT2D eigenvalue weighted by Crippen LogP contribution is -2.24. The molecule has 0 radical (unpaired) electrons. The Morgan fingerprint density at radius 1 is 0.889 bits per heavy atom. The van der Waals surface area contributed by atoms with Crippen molar-refractivity contribution in [2.45, 2.75) is 6.54 Å². The summed E-state index contributed by atoms with van der Waals surface area (Å²) < 4.78 is 25.5. The van der Waals surface area contributed by atoms with Crippen molar-refractivity contribution >= 4 is 47.6 Å². The van der Waals surface area contributed by atoms with E-state index in [9.17, 15) is 4.79 Å². The van der Waals surface area contributed by atoms with Crippen molar-refractivity contribution in [3.8, 4) is 34.4 Å². The lowest BCUT2D eigenvalue weighted by molar-refractivity contribution is 0.323. The van der Waals surface area contributed by atoms with Crippen LogP contribution < -0.4 is 24.5 Å². The van der Waals surface area contributed by atoms with Gasteiger partial charge in [0.2, 0.25) is 5.75 Å². The van der Waals surface area contributed by atoms with Crippen molar-refractivity contribution in [2.24, 2.45) is 0 Å². The van der Waals surface area contributed by atoms with Gasteiger partial charge in [0, 0.05) is 10.9 Å². The third-order valence-corrected chi connectivity index (χ3v) is 7.90. The van der Waals surface area contributed by atoms with Crippen LogP contribution in [0.1, 0.15) is 5.56 Å². The monoisotopic (exact) mass is 566 g/mol. The lowest BCUT2D eigenvalue weighted by atomic mass is 10.1. The van der Waals surface area contributed by atoms with Gasteiger partial charge < -0.3 is 18.9 Å². The highest BCUT2D eigenvalue weighted by molar-refractivity contribution is 9.10. The van der Waals surface area contributed by atoms with Crippen LogP contribution in [0.15, 0.2) is 63.9 Å². The van der Waals surface area contributed by atoms with Crippen molar-refractivity contribution in [2.75, 3.05) is 28.4 Å². The molecule has 0 spiro atoms. The second-order valence-corrected chi connectivity index (χ2v) is 9.73. The zero-order valence-electron chi connectivity index (χ0n) is 20.1. The van der Waals surface area contributed by atoms with Crippen LogP contribution in [-0.4, -0.2) is 38.0 Å². The molecule has 0 saturated carbocycles. The minimum absolute atomic E-state index is 0.140. The molecular weight excluding hydrogens is 544 g/mol. The van der Waals surface area contributed by atoms with Gasteiger partial charge >= 0.3 is 0 Å². The Balaban J connectivity index is 1.89. The number of methoxy groups -OCH3 is 4. The molecule has 36 heavy (non-hydrogen) atoms. The maximum atomic E-state index is 14.1. The Morgan fingerprint density at radius 3 is 2.28 bits per heavy atom. The van der Waals surface area contributed by atoms with Gasteiger partial charge in [0.1, 0.15) is 16.4 Å². The minimum atomic E-state index is -0.140. The zero-order chi connectivity index (χ0) is 25.4. The summed E-state index contributed by atoms with van der Waals surface area (Å²) in [5, 5.41) is 1.39. The highest BCUT2D eigenvalue weighted by Crippen LogP contribution is 2.48. The first-order chi connectivity index (χ1) is 17.5. The highest BCUT2D eigenvalue weighted by atomic mass is 79.9. The van der Waals surface area contributed by atoms with E-state index in [1.807, 2.05) is 48.5 Å². The standard InChI is InChI=1S/C27H23BrN2O5S/c1-32-18-12-8-11-16-20-26(36-24(16)18)29-25(30(27(20)31)14-15-9-6-5-7-10-15)17-13-19(33-2)22(34-3)23(35-4)21(17)28/h5-13H,14H2,1-4H3. The van der Waals surface area contributed by atoms with E-state index < -0.39 is 0 Å². The van der Waals surface area contributed by atoms with Gasteiger partial charge in [-0.05, 0) is 33.6 Å². The van der Waals surface area contributed by atoms with Crippen molar-refractivity contribution in [1.29, 1.82) is 0 Å². The number of hydrogen-bond acceptors (Lipinski definition) is 7. The maximum Gasteiger partial charge on any atom is 0.263 e. The first kappa shape index (κ1) is 24.1. The van der Waals surface area contributed by atoms with Crippen molar-refractivity contribution in [3.63, 3.8) is 0 Å². The number of halogens is 1. The second-order valence-electron chi connectivity index (χ2n) is 7.94. The minimum Gasteiger partial charge on any atom is -0.495 e. The summed E-state index contributed by atoms with van der Waals surface area (Å²) in [6.45, 7) is 0.336. The summed E-state index contributed by atoms with van der Waals surface area (Å²) in [7, 11) is 6.28. The summed E-state index contributed by atoms with van der Waals surface area (Å²) in [4.78, 5) is 19.8. The van der Waals surface area contributed by atoms with E-state index in [0.29, 0.717) is 55.6 Å². The van der Waals surface area contributed by atoms with Crippen molar-refractivity contribution in [3.05, 3.63) is 75.0 Å². The van der Waals surface area contributed by atoms with Gasteiger partial charge in [-0.15, -0.1) is 11.3 Å². The molecule has 7 nitrogen and oxygen atoms in total. The predicted octanol–water partition coefficient (Wildman–Crippen LogP) is 6.12. The van der Waals surface area contributed by atoms with Gasteiger partial charge in [0.05, 0.1) is 49.5 Å². The summed E-state index contributed by atoms with van der Waals surface area (Å²) in [5.74, 6) is 2.55. The van der Waals surface area contributed by atoms with E-state index in [-0.39, 0.29) is 5.56 Å². The number of fused-ring (bicyclic) bond motifs is 3. The molecule has 5 rings (SSSR count). The third-order valence-electron chi connectivity index (χ3n) is 6.00. The molecular formula is C27H23BrN2O5S. The van der Waals surface area contributed by atoms with E-state index in [1.165, 1.54) is 11.3 Å². The molecule has 0 bridgehead atoms. The number of benzene rings is 3. The number of ether oxygens (including phenoxy) is 4. The number of aromatic nitrogens is 2. The van der Waals surface area contributed by atoms with Gasteiger partial charge in [-0.25, -0.2) is 4.98 Å². The highest BCUT2D eigenvalue weighted by Gasteiger charge is 2.25. The summed E-state index contributed by atoms with van der Waals surface area (Å²) in [5.41, 5.74) is 1.48. The molecule has 0 amide bonds. The van der Waals surface area contributed by atoms with Crippen LogP contribution in [0.2, 0.25) is 0 Å². The van der Waals surface area contributed by atoms with Gasteiger partial charge in [-0.2, -0.15) is 0 Å². The Bertz CT molecular complexity index is 1650. The fraction of sp³-hybridized carbons (Fsp3) is 0.185. The van der Waals surface area contributed by atoms with Gasteiger partial charge in [0.25, 0.3) is 5.56 Å². The van der Waals surface area contributed by atoms with E-state index >= 15 is 0 Å². The Kier molecular flexibility index (Phi) is 6.59. The number of nitrogens with zero attached hydrogens (tertiary/aromatic N) is 2. The molecule has 9 heteroatoms. The van der Waals surface area contributed by atoms with Crippen LogP contribution in [0, 0.1) is 0 Å². The SMILES string of the molecule is COc1cc(-c2nc3sc4c(OC)cccc4c3c(=O)n2Cc2ccccc2)c(Br)c(OC)c1OC. The molecule has 184 valence electrons. The molecule has 0 aliphatic heterocycles. The van der Waals surface area contributed by atoms with Crippen LogP contribution in [-0.2, 0) is 6.54 Å². The first-order valence-corrected chi connectivity index (χ1v) is 12.7. The van der Waals surface area contributed by atoms with E-state index in [4.69, 9.17) is 23.9 Å². The molecule has 0 fully saturated rings. The molecule has 2 heterocycles. The average molecular weight is 567 g/mol. The van der Waals surface area contributed by atoms with Gasteiger partial charge in [0.15, 0.2) is 11.5 Å². The smallest absolute Gasteiger partial charge is 0.263 e. The largest absolute Gasteiger partial charge is 0.495 e. The predicted molar refractivity (Wildman–Crippen MR) is 146 cm³/mol. The molecule has 0 aliphatic carbocycles. The fourth-order valence-electron chi connectivity index (χ4n) is 4.32. The summed E-state index contributed by atoms with van der Waals surface area (Å²) >= 11 is 5.10. The maximum absolute atomic E-state index is 14.1. The van der Waals surface area contributed by atoms with Gasteiger partial charge in [-0.3, -0.25) is 9.36 Å². The Morgan fingerprint density at radius 2 is 1.61 bits per heavy atom. The lowest BCUT2D eigenvalue weighted by Gasteiger charge is -2.19. The Labute approximate surface area is 220 Å². The quantitative estimate of drug-likeness (QED) is 0.236. The molecule has 0 aliphatic rings. The molecule has 5 aromatic rings. The zero-order valence-corrected chi connectivity index (χ0v) is 22.5. The van der Waals surface area contributed by atoms with Gasteiger partial charge in [-0.1, -0.05) is 42.5 Å². The van der Waals surface area contributed by atoms with Crippen LogP contribution in [0.4, 0.5) is 0 Å². The number of hydrogen-bond donors (Lipinski definition) is 0. The van der Waals surface area contributed by atoms with Crippen molar-refractivity contribution < 1.29 is 18.9 Å². The van der Waals surface area contributed by atoms with E-state index in [0.717, 1.165) is 15.6 Å². The van der Waals surface area contributed by atoms with Crippen LogP contribution >= 0.6 is 27.3 Å². The fourth-order valence-corrected chi connectivity index (χ4v) is 6.11. The van der Waals surface area contributed by atoms with E-state index in [2.05, 4.69) is 15.9 Å². The normalized spacial score (nSPS) is 11.1. The number of thiophene rings is 1.